The lowest BCUT2D eigenvalue weighted by molar-refractivity contribution is -0.383. The molecule has 0 radical (unpaired) electrons. The van der Waals surface area contributed by atoms with E-state index in [0.717, 1.165) is 22.8 Å². The van der Waals surface area contributed by atoms with Gasteiger partial charge in [-0.05, 0) is 37.1 Å². The maximum Gasteiger partial charge on any atom is 0.333 e. The molecule has 0 amide bonds. The average Bonchev–Trinajstić information content (AvgIpc) is 3.11. The zero-order valence-electron chi connectivity index (χ0n) is 17.5. The molecule has 9 heteroatoms. The fourth-order valence-corrected chi connectivity index (χ4v) is 2.55. The first kappa shape index (κ1) is 10.7. The van der Waals surface area contributed by atoms with Gasteiger partial charge >= 0.3 is 5.69 Å². The maximum atomic E-state index is 14.6. The summed E-state index contributed by atoms with van der Waals surface area (Å²) in [6.45, 7) is -2.55. The van der Waals surface area contributed by atoms with Gasteiger partial charge in [0.1, 0.15) is 23.6 Å². The van der Waals surface area contributed by atoms with Crippen LogP contribution in [0.15, 0.2) is 36.7 Å². The molecule has 1 atom stereocenters. The summed E-state index contributed by atoms with van der Waals surface area (Å²) < 4.78 is 71.5. The van der Waals surface area contributed by atoms with Gasteiger partial charge < -0.3 is 4.90 Å². The molecule has 1 saturated heterocycles. The number of benzene rings is 1. The standard InChI is InChI=1S/C16H13F2N5O2/c17-10-3-4-12(18)11(8-10)13-2-1-6-21(13)15-5-7-22-16(20-15)14(9-19-22)23(24)25/h3-5,7-9,13H,1-2,6H2/i2D2,6D2,13D. The molecule has 0 aliphatic carbocycles. The van der Waals surface area contributed by atoms with Gasteiger partial charge in [-0.3, -0.25) is 10.1 Å². The van der Waals surface area contributed by atoms with Gasteiger partial charge in [-0.15, -0.1) is 0 Å². The summed E-state index contributed by atoms with van der Waals surface area (Å²) in [5.74, 6) is -2.40. The van der Waals surface area contributed by atoms with E-state index in [0.29, 0.717) is 11.0 Å². The molecule has 1 aromatic carbocycles. The Bertz CT molecular complexity index is 1190. The van der Waals surface area contributed by atoms with Crippen molar-refractivity contribution in [2.24, 2.45) is 0 Å². The van der Waals surface area contributed by atoms with Crippen LogP contribution in [0, 0.1) is 21.7 Å². The predicted molar refractivity (Wildman–Crippen MR) is 85.3 cm³/mol. The molecule has 1 aliphatic heterocycles. The minimum atomic E-state index is -2.76. The normalized spacial score (nSPS) is 27.3. The monoisotopic (exact) mass is 350 g/mol. The number of fused-ring (bicyclic) bond motifs is 1. The highest BCUT2D eigenvalue weighted by molar-refractivity contribution is 5.61. The van der Waals surface area contributed by atoms with Crippen LogP contribution in [0.5, 0.6) is 0 Å². The van der Waals surface area contributed by atoms with Crippen molar-refractivity contribution in [2.45, 2.75) is 18.8 Å². The number of anilines is 1. The fraction of sp³-hybridized carbons (Fsp3) is 0.250. The Morgan fingerprint density at radius 1 is 1.40 bits per heavy atom. The van der Waals surface area contributed by atoms with Crippen LogP contribution in [-0.2, 0) is 0 Å². The molecule has 7 nitrogen and oxygen atoms in total. The largest absolute Gasteiger partial charge is 0.349 e. The molecule has 3 aromatic rings. The summed E-state index contributed by atoms with van der Waals surface area (Å²) in [6.07, 6.45) is -1.38. The number of halogens is 2. The Morgan fingerprint density at radius 3 is 3.04 bits per heavy atom. The van der Waals surface area contributed by atoms with E-state index in [1.807, 2.05) is 0 Å². The van der Waals surface area contributed by atoms with Crippen LogP contribution >= 0.6 is 0 Å². The van der Waals surface area contributed by atoms with Crippen molar-refractivity contribution in [2.75, 3.05) is 11.4 Å². The maximum absolute atomic E-state index is 14.6. The number of hydrogen-bond donors (Lipinski definition) is 0. The smallest absolute Gasteiger partial charge is 0.333 e. The number of hydrogen-bond acceptors (Lipinski definition) is 5. The quantitative estimate of drug-likeness (QED) is 0.535. The molecule has 1 aliphatic rings. The van der Waals surface area contributed by atoms with Crippen molar-refractivity contribution in [3.63, 3.8) is 0 Å². The number of rotatable bonds is 3. The Hall–Kier alpha value is -3.10. The van der Waals surface area contributed by atoms with E-state index in [-0.39, 0.29) is 11.5 Å². The zero-order valence-corrected chi connectivity index (χ0v) is 12.5. The molecule has 1 unspecified atom stereocenters. The molecule has 2 aromatic heterocycles. The summed E-state index contributed by atoms with van der Waals surface area (Å²) in [5.41, 5.74) is -1.49. The summed E-state index contributed by atoms with van der Waals surface area (Å²) in [7, 11) is 0. The van der Waals surface area contributed by atoms with Crippen molar-refractivity contribution in [1.82, 2.24) is 14.6 Å². The second-order valence-corrected chi connectivity index (χ2v) is 5.16. The molecule has 0 spiro atoms. The molecule has 3 heterocycles. The van der Waals surface area contributed by atoms with Gasteiger partial charge in [0, 0.05) is 23.7 Å². The van der Waals surface area contributed by atoms with Crippen LogP contribution < -0.4 is 4.90 Å². The van der Waals surface area contributed by atoms with Gasteiger partial charge in [0.2, 0.25) is 5.65 Å². The van der Waals surface area contributed by atoms with Gasteiger partial charge in [-0.1, -0.05) is 0 Å². The second kappa shape index (κ2) is 5.76. The van der Waals surface area contributed by atoms with E-state index >= 15 is 0 Å². The second-order valence-electron chi connectivity index (χ2n) is 5.16. The Morgan fingerprint density at radius 2 is 2.24 bits per heavy atom. The van der Waals surface area contributed by atoms with Crippen molar-refractivity contribution >= 4 is 17.2 Å². The minimum absolute atomic E-state index is 0.275. The molecule has 128 valence electrons. The van der Waals surface area contributed by atoms with Crippen LogP contribution in [0.4, 0.5) is 20.3 Å². The van der Waals surface area contributed by atoms with Gasteiger partial charge in [0.05, 0.1) is 12.3 Å². The van der Waals surface area contributed by atoms with Gasteiger partial charge in [-0.25, -0.2) is 18.3 Å². The first-order valence-electron chi connectivity index (χ1n) is 9.63. The average molecular weight is 350 g/mol. The van der Waals surface area contributed by atoms with Gasteiger partial charge in [-0.2, -0.15) is 5.10 Å². The molecule has 0 saturated carbocycles. The molecule has 25 heavy (non-hydrogen) atoms. The predicted octanol–water partition coefficient (Wildman–Crippen LogP) is 3.26. The van der Waals surface area contributed by atoms with Crippen LogP contribution in [0.3, 0.4) is 0 Å². The van der Waals surface area contributed by atoms with Crippen LogP contribution in [0.25, 0.3) is 5.65 Å². The van der Waals surface area contributed by atoms with Gasteiger partial charge in [0.25, 0.3) is 0 Å². The number of nitrogens with zero attached hydrogens (tertiary/aromatic N) is 5. The van der Waals surface area contributed by atoms with Crippen LogP contribution in [0.1, 0.15) is 31.2 Å². The first-order valence-corrected chi connectivity index (χ1v) is 7.13. The van der Waals surface area contributed by atoms with E-state index in [4.69, 9.17) is 6.85 Å². The molecule has 1 fully saturated rings. The molecule has 0 N–H and O–H groups in total. The SMILES string of the molecule is [2H]C1([2H])CC([2H])([2H])C([2H])(c2cc(F)ccc2F)N1c1ccn2ncc([N+](=O)[O-])c2n1. The van der Waals surface area contributed by atoms with E-state index in [1.165, 1.54) is 12.3 Å². The minimum Gasteiger partial charge on any atom is -0.349 e. The topological polar surface area (TPSA) is 76.6 Å². The van der Waals surface area contributed by atoms with E-state index in [9.17, 15) is 18.9 Å². The third-order valence-corrected chi connectivity index (χ3v) is 3.66. The highest BCUT2D eigenvalue weighted by Crippen LogP contribution is 2.37. The van der Waals surface area contributed by atoms with Crippen molar-refractivity contribution in [3.05, 3.63) is 64.0 Å². The van der Waals surface area contributed by atoms with Crippen molar-refractivity contribution in [3.8, 4) is 0 Å². The lowest BCUT2D eigenvalue weighted by Crippen LogP contribution is -2.24. The van der Waals surface area contributed by atoms with E-state index in [1.54, 1.807) is 0 Å². The third-order valence-electron chi connectivity index (χ3n) is 3.66. The lowest BCUT2D eigenvalue weighted by Gasteiger charge is -2.26. The Labute approximate surface area is 147 Å². The Balaban J connectivity index is 2.00. The molecule has 4 rings (SSSR count). The number of nitro groups is 1. The summed E-state index contributed by atoms with van der Waals surface area (Å²) in [6, 6.07) is 0.563. The highest BCUT2D eigenvalue weighted by Gasteiger charge is 2.30. The fourth-order valence-electron chi connectivity index (χ4n) is 2.55. The highest BCUT2D eigenvalue weighted by atomic mass is 19.1. The van der Waals surface area contributed by atoms with Crippen LogP contribution in [0.2, 0.25) is 0 Å². The molecular weight excluding hydrogens is 332 g/mol. The lowest BCUT2D eigenvalue weighted by atomic mass is 10.0. The summed E-state index contributed by atoms with van der Waals surface area (Å²) in [5, 5.41) is 15.0. The summed E-state index contributed by atoms with van der Waals surface area (Å²) in [4.78, 5) is 15.0. The van der Waals surface area contributed by atoms with Crippen LogP contribution in [-0.4, -0.2) is 26.0 Å². The molecule has 0 bridgehead atoms. The van der Waals surface area contributed by atoms with Crippen molar-refractivity contribution < 1.29 is 20.6 Å². The van der Waals surface area contributed by atoms with E-state index < -0.39 is 53.1 Å². The first-order chi connectivity index (χ1) is 13.9. The number of aromatic nitrogens is 3. The van der Waals surface area contributed by atoms with Gasteiger partial charge in [0.15, 0.2) is 0 Å². The summed E-state index contributed by atoms with van der Waals surface area (Å²) >= 11 is 0. The zero-order chi connectivity index (χ0) is 22.1. The Kier molecular flexibility index (Phi) is 2.47. The van der Waals surface area contributed by atoms with E-state index in [2.05, 4.69) is 10.1 Å². The molecular formula is C16H13F2N5O2. The third kappa shape index (κ3) is 2.57. The van der Waals surface area contributed by atoms with Crippen molar-refractivity contribution in [1.29, 1.82) is 0 Å².